The number of benzene rings is 1. The summed E-state index contributed by atoms with van der Waals surface area (Å²) in [6.07, 6.45) is -2.30. The standard InChI is InChI=1S/C14H18ClNO5/c1-14(2,3)21-13(20)16-10-6-8(4-5-9(10)15)11(17)7-12(18)19/h4-6,11,17H,7H2,1-3H3,(H,16,20)(H,18,19)/t11-/m0/s1. The maximum Gasteiger partial charge on any atom is 0.412 e. The van der Waals surface area contributed by atoms with Crippen LogP contribution in [0.25, 0.3) is 0 Å². The molecule has 0 aliphatic rings. The Morgan fingerprint density at radius 1 is 1.38 bits per heavy atom. The van der Waals surface area contributed by atoms with Gasteiger partial charge in [-0.1, -0.05) is 17.7 Å². The van der Waals surface area contributed by atoms with E-state index in [1.54, 1.807) is 20.8 Å². The number of hydrogen-bond acceptors (Lipinski definition) is 4. The highest BCUT2D eigenvalue weighted by Crippen LogP contribution is 2.27. The SMILES string of the molecule is CC(C)(C)OC(=O)Nc1cc([C@@H](O)CC(=O)O)ccc1Cl. The molecule has 1 amide bonds. The van der Waals surface area contributed by atoms with Crippen LogP contribution >= 0.6 is 11.6 Å². The van der Waals surface area contributed by atoms with Gasteiger partial charge in [0.05, 0.1) is 23.2 Å². The summed E-state index contributed by atoms with van der Waals surface area (Å²) >= 11 is 5.95. The molecule has 0 radical (unpaired) electrons. The van der Waals surface area contributed by atoms with Crippen LogP contribution in [-0.4, -0.2) is 27.9 Å². The summed E-state index contributed by atoms with van der Waals surface area (Å²) in [5.74, 6) is -1.13. The van der Waals surface area contributed by atoms with Gasteiger partial charge in [-0.05, 0) is 38.5 Å². The second-order valence-corrected chi connectivity index (χ2v) is 5.89. The second-order valence-electron chi connectivity index (χ2n) is 5.48. The lowest BCUT2D eigenvalue weighted by atomic mass is 10.1. The number of carbonyl (C=O) groups excluding carboxylic acids is 1. The smallest absolute Gasteiger partial charge is 0.412 e. The van der Waals surface area contributed by atoms with E-state index in [4.69, 9.17) is 21.4 Å². The molecule has 0 fully saturated rings. The summed E-state index contributed by atoms with van der Waals surface area (Å²) in [5, 5.41) is 21.1. The number of aliphatic hydroxyl groups is 1. The van der Waals surface area contributed by atoms with E-state index in [9.17, 15) is 14.7 Å². The van der Waals surface area contributed by atoms with Gasteiger partial charge in [0.15, 0.2) is 0 Å². The summed E-state index contributed by atoms with van der Waals surface area (Å²) < 4.78 is 5.10. The monoisotopic (exact) mass is 315 g/mol. The number of anilines is 1. The van der Waals surface area contributed by atoms with Crippen molar-refractivity contribution in [2.75, 3.05) is 5.32 Å². The molecular formula is C14H18ClNO5. The summed E-state index contributed by atoms with van der Waals surface area (Å²) in [5.41, 5.74) is -0.0718. The molecule has 7 heteroatoms. The maximum absolute atomic E-state index is 11.7. The number of carboxylic acid groups (broad SMARTS) is 1. The van der Waals surface area contributed by atoms with Crippen molar-refractivity contribution in [3.63, 3.8) is 0 Å². The van der Waals surface area contributed by atoms with Crippen LogP contribution in [0, 0.1) is 0 Å². The molecule has 0 aliphatic carbocycles. The summed E-state index contributed by atoms with van der Waals surface area (Å²) in [4.78, 5) is 22.3. The van der Waals surface area contributed by atoms with Crippen molar-refractivity contribution in [1.82, 2.24) is 0 Å². The molecule has 116 valence electrons. The van der Waals surface area contributed by atoms with Gasteiger partial charge >= 0.3 is 12.1 Å². The molecule has 0 spiro atoms. The fraction of sp³-hybridized carbons (Fsp3) is 0.429. The quantitative estimate of drug-likeness (QED) is 0.793. The minimum Gasteiger partial charge on any atom is -0.481 e. The molecule has 1 atom stereocenters. The summed E-state index contributed by atoms with van der Waals surface area (Å²) in [6, 6.07) is 4.38. The van der Waals surface area contributed by atoms with Crippen molar-refractivity contribution in [3.8, 4) is 0 Å². The molecule has 0 saturated carbocycles. The predicted molar refractivity (Wildman–Crippen MR) is 78.5 cm³/mol. The number of ether oxygens (including phenoxy) is 1. The number of aliphatic carboxylic acids is 1. The topological polar surface area (TPSA) is 95.9 Å². The zero-order valence-electron chi connectivity index (χ0n) is 12.0. The van der Waals surface area contributed by atoms with E-state index in [2.05, 4.69) is 5.32 Å². The van der Waals surface area contributed by atoms with Crippen LogP contribution in [0.5, 0.6) is 0 Å². The molecule has 3 N–H and O–H groups in total. The Balaban J connectivity index is 2.87. The Labute approximate surface area is 127 Å². The lowest BCUT2D eigenvalue weighted by molar-refractivity contribution is -0.139. The van der Waals surface area contributed by atoms with Gasteiger partial charge in [0.1, 0.15) is 5.60 Å². The third kappa shape index (κ3) is 6.01. The van der Waals surface area contributed by atoms with Crippen molar-refractivity contribution in [1.29, 1.82) is 0 Å². The van der Waals surface area contributed by atoms with Gasteiger partial charge in [-0.15, -0.1) is 0 Å². The number of hydrogen-bond donors (Lipinski definition) is 3. The van der Waals surface area contributed by atoms with Gasteiger partial charge in [0.25, 0.3) is 0 Å². The first kappa shape index (κ1) is 17.3. The fourth-order valence-electron chi connectivity index (χ4n) is 1.54. The van der Waals surface area contributed by atoms with E-state index in [-0.39, 0.29) is 10.7 Å². The summed E-state index contributed by atoms with van der Waals surface area (Å²) in [6.45, 7) is 5.17. The highest BCUT2D eigenvalue weighted by atomic mass is 35.5. The molecule has 0 saturated heterocycles. The molecule has 0 bridgehead atoms. The van der Waals surface area contributed by atoms with E-state index < -0.39 is 30.2 Å². The van der Waals surface area contributed by atoms with Crippen LogP contribution in [0.2, 0.25) is 5.02 Å². The normalized spacial score (nSPS) is 12.6. The van der Waals surface area contributed by atoms with Gasteiger partial charge < -0.3 is 14.9 Å². The van der Waals surface area contributed by atoms with E-state index in [1.807, 2.05) is 0 Å². The average Bonchev–Trinajstić information content (AvgIpc) is 2.28. The number of aliphatic hydroxyl groups excluding tert-OH is 1. The first-order valence-corrected chi connectivity index (χ1v) is 6.65. The Hall–Kier alpha value is -1.79. The van der Waals surface area contributed by atoms with Gasteiger partial charge in [0, 0.05) is 0 Å². The maximum atomic E-state index is 11.7. The van der Waals surface area contributed by atoms with Crippen molar-refractivity contribution >= 4 is 29.4 Å². The van der Waals surface area contributed by atoms with Crippen molar-refractivity contribution in [3.05, 3.63) is 28.8 Å². The first-order chi connectivity index (χ1) is 9.58. The minimum absolute atomic E-state index is 0.243. The zero-order valence-corrected chi connectivity index (χ0v) is 12.8. The fourth-order valence-corrected chi connectivity index (χ4v) is 1.71. The van der Waals surface area contributed by atoms with E-state index >= 15 is 0 Å². The first-order valence-electron chi connectivity index (χ1n) is 6.28. The van der Waals surface area contributed by atoms with E-state index in [1.165, 1.54) is 18.2 Å². The number of carbonyl (C=O) groups is 2. The van der Waals surface area contributed by atoms with Crippen LogP contribution in [-0.2, 0) is 9.53 Å². The minimum atomic E-state index is -1.18. The van der Waals surface area contributed by atoms with Crippen LogP contribution in [0.4, 0.5) is 10.5 Å². The Kier molecular flexibility index (Phi) is 5.57. The molecular weight excluding hydrogens is 298 g/mol. The van der Waals surface area contributed by atoms with Gasteiger partial charge in [0.2, 0.25) is 0 Å². The Morgan fingerprint density at radius 2 is 2.00 bits per heavy atom. The average molecular weight is 316 g/mol. The largest absolute Gasteiger partial charge is 0.481 e. The molecule has 0 aliphatic heterocycles. The van der Waals surface area contributed by atoms with Gasteiger partial charge in [-0.2, -0.15) is 0 Å². The van der Waals surface area contributed by atoms with Gasteiger partial charge in [-0.3, -0.25) is 10.1 Å². The van der Waals surface area contributed by atoms with E-state index in [0.29, 0.717) is 5.56 Å². The third-order valence-electron chi connectivity index (χ3n) is 2.38. The number of carboxylic acids is 1. The molecule has 0 aromatic heterocycles. The highest BCUT2D eigenvalue weighted by Gasteiger charge is 2.18. The molecule has 0 heterocycles. The number of rotatable bonds is 4. The van der Waals surface area contributed by atoms with Crippen LogP contribution < -0.4 is 5.32 Å². The lowest BCUT2D eigenvalue weighted by Crippen LogP contribution is -2.27. The number of nitrogens with one attached hydrogen (secondary N) is 1. The molecule has 0 unspecified atom stereocenters. The zero-order chi connectivity index (χ0) is 16.2. The molecule has 6 nitrogen and oxygen atoms in total. The third-order valence-corrected chi connectivity index (χ3v) is 2.71. The Bertz CT molecular complexity index is 539. The Morgan fingerprint density at radius 3 is 2.52 bits per heavy atom. The highest BCUT2D eigenvalue weighted by molar-refractivity contribution is 6.33. The van der Waals surface area contributed by atoms with Crippen LogP contribution in [0.3, 0.4) is 0 Å². The van der Waals surface area contributed by atoms with Gasteiger partial charge in [-0.25, -0.2) is 4.79 Å². The van der Waals surface area contributed by atoms with Crippen molar-refractivity contribution < 1.29 is 24.5 Å². The molecule has 1 aromatic carbocycles. The number of halogens is 1. The molecule has 1 rings (SSSR count). The molecule has 21 heavy (non-hydrogen) atoms. The second kappa shape index (κ2) is 6.78. The van der Waals surface area contributed by atoms with Crippen LogP contribution in [0.15, 0.2) is 18.2 Å². The molecule has 1 aromatic rings. The lowest BCUT2D eigenvalue weighted by Gasteiger charge is -2.20. The van der Waals surface area contributed by atoms with Crippen molar-refractivity contribution in [2.45, 2.75) is 38.9 Å². The van der Waals surface area contributed by atoms with Crippen molar-refractivity contribution in [2.24, 2.45) is 0 Å². The summed E-state index contributed by atoms with van der Waals surface area (Å²) in [7, 11) is 0. The predicted octanol–water partition coefficient (Wildman–Crippen LogP) is 3.20. The van der Waals surface area contributed by atoms with Crippen LogP contribution in [0.1, 0.15) is 38.9 Å². The number of amides is 1. The van der Waals surface area contributed by atoms with E-state index in [0.717, 1.165) is 0 Å².